The van der Waals surface area contributed by atoms with E-state index in [4.69, 9.17) is 11.6 Å². The number of nitrogens with zero attached hydrogens (tertiary/aromatic N) is 1. The number of hydrogen-bond donors (Lipinski definition) is 1. The maximum atomic E-state index is 6.35. The Morgan fingerprint density at radius 2 is 2.21 bits per heavy atom. The van der Waals surface area contributed by atoms with Gasteiger partial charge in [-0.05, 0) is 49.9 Å². The molecule has 1 saturated heterocycles. The third-order valence-electron chi connectivity index (χ3n) is 3.78. The molecule has 1 atom stereocenters. The quantitative estimate of drug-likeness (QED) is 0.884. The lowest BCUT2D eigenvalue weighted by Crippen LogP contribution is -2.29. The third-order valence-corrected chi connectivity index (χ3v) is 4.08. The molecule has 0 radical (unpaired) electrons. The normalized spacial score (nSPS) is 19.4. The zero-order valence-corrected chi connectivity index (χ0v) is 13.0. The Labute approximate surface area is 122 Å². The Hall–Kier alpha value is -0.730. The SMILES string of the molecule is Cc1cccc(Cl)c1N1CCC(CNCC(C)C)C1. The second-order valence-corrected chi connectivity index (χ2v) is 6.47. The Kier molecular flexibility index (Phi) is 5.12. The highest BCUT2D eigenvalue weighted by Gasteiger charge is 2.24. The van der Waals surface area contributed by atoms with Gasteiger partial charge in [0.15, 0.2) is 0 Å². The summed E-state index contributed by atoms with van der Waals surface area (Å²) in [6.07, 6.45) is 1.26. The van der Waals surface area contributed by atoms with Crippen LogP contribution in [0.25, 0.3) is 0 Å². The molecule has 1 heterocycles. The molecular formula is C16H25ClN2. The lowest BCUT2D eigenvalue weighted by Gasteiger charge is -2.22. The molecule has 1 fully saturated rings. The minimum Gasteiger partial charge on any atom is -0.370 e. The highest BCUT2D eigenvalue weighted by Crippen LogP contribution is 2.33. The van der Waals surface area contributed by atoms with E-state index in [1.165, 1.54) is 17.7 Å². The summed E-state index contributed by atoms with van der Waals surface area (Å²) in [5.41, 5.74) is 2.51. The van der Waals surface area contributed by atoms with E-state index in [-0.39, 0.29) is 0 Å². The van der Waals surface area contributed by atoms with Crippen LogP contribution < -0.4 is 10.2 Å². The van der Waals surface area contributed by atoms with Crippen molar-refractivity contribution in [3.05, 3.63) is 28.8 Å². The van der Waals surface area contributed by atoms with E-state index in [1.807, 2.05) is 12.1 Å². The fourth-order valence-corrected chi connectivity index (χ4v) is 3.14. The van der Waals surface area contributed by atoms with Gasteiger partial charge < -0.3 is 10.2 Å². The zero-order valence-electron chi connectivity index (χ0n) is 12.2. The molecule has 2 rings (SSSR count). The fraction of sp³-hybridized carbons (Fsp3) is 0.625. The van der Waals surface area contributed by atoms with E-state index in [9.17, 15) is 0 Å². The molecule has 0 aliphatic carbocycles. The monoisotopic (exact) mass is 280 g/mol. The Morgan fingerprint density at radius 1 is 1.42 bits per heavy atom. The van der Waals surface area contributed by atoms with E-state index >= 15 is 0 Å². The van der Waals surface area contributed by atoms with Crippen LogP contribution in [-0.2, 0) is 0 Å². The smallest absolute Gasteiger partial charge is 0.0642 e. The van der Waals surface area contributed by atoms with Gasteiger partial charge in [-0.15, -0.1) is 0 Å². The van der Waals surface area contributed by atoms with Crippen LogP contribution in [0, 0.1) is 18.8 Å². The second kappa shape index (κ2) is 6.62. The number of anilines is 1. The summed E-state index contributed by atoms with van der Waals surface area (Å²) >= 11 is 6.35. The lowest BCUT2D eigenvalue weighted by atomic mass is 10.1. The Balaban J connectivity index is 1.91. The number of rotatable bonds is 5. The van der Waals surface area contributed by atoms with Crippen LogP contribution in [0.5, 0.6) is 0 Å². The average Bonchev–Trinajstić information content (AvgIpc) is 2.77. The molecule has 1 aromatic carbocycles. The topological polar surface area (TPSA) is 15.3 Å². The van der Waals surface area contributed by atoms with Gasteiger partial charge in [-0.25, -0.2) is 0 Å². The highest BCUT2D eigenvalue weighted by atomic mass is 35.5. The molecule has 0 spiro atoms. The van der Waals surface area contributed by atoms with Crippen LogP contribution >= 0.6 is 11.6 Å². The van der Waals surface area contributed by atoms with Crippen molar-refractivity contribution in [2.45, 2.75) is 27.2 Å². The van der Waals surface area contributed by atoms with Gasteiger partial charge in [-0.3, -0.25) is 0 Å². The summed E-state index contributed by atoms with van der Waals surface area (Å²) < 4.78 is 0. The minimum absolute atomic E-state index is 0.725. The first-order chi connectivity index (χ1) is 9.08. The average molecular weight is 281 g/mol. The predicted molar refractivity (Wildman–Crippen MR) is 84.2 cm³/mol. The fourth-order valence-electron chi connectivity index (χ4n) is 2.80. The van der Waals surface area contributed by atoms with Gasteiger partial charge in [-0.2, -0.15) is 0 Å². The van der Waals surface area contributed by atoms with Gasteiger partial charge in [-0.1, -0.05) is 37.6 Å². The van der Waals surface area contributed by atoms with E-state index in [0.29, 0.717) is 0 Å². The van der Waals surface area contributed by atoms with Crippen LogP contribution in [0.2, 0.25) is 5.02 Å². The maximum Gasteiger partial charge on any atom is 0.0642 e. The van der Waals surface area contributed by atoms with Crippen molar-refractivity contribution in [1.29, 1.82) is 0 Å². The van der Waals surface area contributed by atoms with Gasteiger partial charge >= 0.3 is 0 Å². The number of aryl methyl sites for hydroxylation is 1. The molecule has 0 bridgehead atoms. The summed E-state index contributed by atoms with van der Waals surface area (Å²) in [7, 11) is 0. The number of hydrogen-bond acceptors (Lipinski definition) is 2. The first kappa shape index (κ1) is 14.7. The van der Waals surface area contributed by atoms with Gasteiger partial charge in [0.25, 0.3) is 0 Å². The van der Waals surface area contributed by atoms with Crippen molar-refractivity contribution in [2.75, 3.05) is 31.1 Å². The zero-order chi connectivity index (χ0) is 13.8. The van der Waals surface area contributed by atoms with E-state index in [1.54, 1.807) is 0 Å². The van der Waals surface area contributed by atoms with Crippen molar-refractivity contribution in [2.24, 2.45) is 11.8 Å². The number of benzene rings is 1. The highest BCUT2D eigenvalue weighted by molar-refractivity contribution is 6.33. The van der Waals surface area contributed by atoms with Crippen molar-refractivity contribution >= 4 is 17.3 Å². The summed E-state index contributed by atoms with van der Waals surface area (Å²) in [5, 5.41) is 4.45. The molecule has 3 heteroatoms. The summed E-state index contributed by atoms with van der Waals surface area (Å²) in [6, 6.07) is 6.17. The summed E-state index contributed by atoms with van der Waals surface area (Å²) in [5.74, 6) is 1.47. The molecular weight excluding hydrogens is 256 g/mol. The molecule has 1 aliphatic rings. The maximum absolute atomic E-state index is 6.35. The standard InChI is InChI=1S/C16H25ClN2/c1-12(2)9-18-10-14-7-8-19(11-14)16-13(3)5-4-6-15(16)17/h4-6,12,14,18H,7-11H2,1-3H3. The van der Waals surface area contributed by atoms with Crippen molar-refractivity contribution in [3.8, 4) is 0 Å². The number of nitrogens with one attached hydrogen (secondary N) is 1. The molecule has 1 unspecified atom stereocenters. The van der Waals surface area contributed by atoms with Gasteiger partial charge in [0.05, 0.1) is 10.7 Å². The second-order valence-electron chi connectivity index (χ2n) is 6.06. The van der Waals surface area contributed by atoms with Crippen LogP contribution in [-0.4, -0.2) is 26.2 Å². The predicted octanol–water partition coefficient (Wildman–Crippen LogP) is 3.72. The minimum atomic E-state index is 0.725. The summed E-state index contributed by atoms with van der Waals surface area (Å²) in [4.78, 5) is 2.44. The molecule has 1 aliphatic heterocycles. The Bertz CT molecular complexity index is 397. The van der Waals surface area contributed by atoms with Crippen LogP contribution in [0.1, 0.15) is 25.8 Å². The van der Waals surface area contributed by atoms with Gasteiger partial charge in [0.1, 0.15) is 0 Å². The molecule has 2 nitrogen and oxygen atoms in total. The van der Waals surface area contributed by atoms with Crippen molar-refractivity contribution in [1.82, 2.24) is 5.32 Å². The van der Waals surface area contributed by atoms with E-state index in [0.717, 1.165) is 43.0 Å². The first-order valence-electron chi connectivity index (χ1n) is 7.28. The first-order valence-corrected chi connectivity index (χ1v) is 7.66. The Morgan fingerprint density at radius 3 is 2.89 bits per heavy atom. The van der Waals surface area contributed by atoms with Crippen LogP contribution in [0.3, 0.4) is 0 Å². The molecule has 106 valence electrons. The molecule has 0 amide bonds. The number of halogens is 1. The largest absolute Gasteiger partial charge is 0.370 e. The van der Waals surface area contributed by atoms with Crippen molar-refractivity contribution in [3.63, 3.8) is 0 Å². The lowest BCUT2D eigenvalue weighted by molar-refractivity contribution is 0.477. The van der Waals surface area contributed by atoms with E-state index in [2.05, 4.69) is 37.1 Å². The summed E-state index contributed by atoms with van der Waals surface area (Å²) in [6.45, 7) is 11.1. The molecule has 0 saturated carbocycles. The van der Waals surface area contributed by atoms with Gasteiger partial charge in [0.2, 0.25) is 0 Å². The van der Waals surface area contributed by atoms with Gasteiger partial charge in [0, 0.05) is 13.1 Å². The van der Waals surface area contributed by atoms with Crippen LogP contribution in [0.4, 0.5) is 5.69 Å². The molecule has 19 heavy (non-hydrogen) atoms. The number of para-hydroxylation sites is 1. The molecule has 0 aromatic heterocycles. The third kappa shape index (κ3) is 3.87. The molecule has 1 aromatic rings. The van der Waals surface area contributed by atoms with Crippen LogP contribution in [0.15, 0.2) is 18.2 Å². The van der Waals surface area contributed by atoms with E-state index < -0.39 is 0 Å². The molecule has 1 N–H and O–H groups in total. The van der Waals surface area contributed by atoms with Crippen molar-refractivity contribution < 1.29 is 0 Å².